The van der Waals surface area contributed by atoms with Crippen molar-refractivity contribution in [1.82, 2.24) is 4.72 Å². The summed E-state index contributed by atoms with van der Waals surface area (Å²) in [5.41, 5.74) is 6.80. The van der Waals surface area contributed by atoms with Gasteiger partial charge >= 0.3 is 0 Å². The van der Waals surface area contributed by atoms with Gasteiger partial charge in [-0.3, -0.25) is 0 Å². The van der Waals surface area contributed by atoms with Gasteiger partial charge in [-0.25, -0.2) is 13.1 Å². The molecule has 0 aliphatic heterocycles. The van der Waals surface area contributed by atoms with Gasteiger partial charge in [0.25, 0.3) is 0 Å². The second-order valence-electron chi connectivity index (χ2n) is 3.14. The highest BCUT2D eigenvalue weighted by molar-refractivity contribution is 7.89. The first-order valence-electron chi connectivity index (χ1n) is 4.43. The summed E-state index contributed by atoms with van der Waals surface area (Å²) in [6.45, 7) is 3.78. The summed E-state index contributed by atoms with van der Waals surface area (Å²) in [5.74, 6) is 0. The number of anilines is 1. The summed E-state index contributed by atoms with van der Waals surface area (Å²) in [6.07, 6.45) is 0. The number of nitrogens with one attached hydrogen (secondary N) is 1. The van der Waals surface area contributed by atoms with Crippen LogP contribution in [-0.4, -0.2) is 15.0 Å². The van der Waals surface area contributed by atoms with Gasteiger partial charge in [-0.2, -0.15) is 0 Å². The second-order valence-corrected chi connectivity index (χ2v) is 5.28. The average Bonchev–Trinajstić information content (AvgIpc) is 2.11. The maximum Gasteiger partial charge on any atom is 0.242 e. The zero-order valence-corrected chi connectivity index (χ0v) is 10.1. The number of sulfonamides is 1. The number of aryl methyl sites for hydroxylation is 1. The fourth-order valence-electron chi connectivity index (χ4n) is 1.14. The van der Waals surface area contributed by atoms with Gasteiger partial charge in [0, 0.05) is 12.2 Å². The number of benzene rings is 1. The predicted molar refractivity (Wildman–Crippen MR) is 61.5 cm³/mol. The third-order valence-electron chi connectivity index (χ3n) is 1.94. The van der Waals surface area contributed by atoms with Crippen LogP contribution in [0.1, 0.15) is 12.5 Å². The average molecular weight is 249 g/mol. The number of rotatable bonds is 3. The minimum Gasteiger partial charge on any atom is -0.398 e. The van der Waals surface area contributed by atoms with Crippen molar-refractivity contribution in [1.29, 1.82) is 0 Å². The summed E-state index contributed by atoms with van der Waals surface area (Å²) in [5, 5.41) is 0.183. The van der Waals surface area contributed by atoms with E-state index in [2.05, 4.69) is 4.72 Å². The van der Waals surface area contributed by atoms with Crippen LogP contribution in [0.15, 0.2) is 17.0 Å². The summed E-state index contributed by atoms with van der Waals surface area (Å²) in [4.78, 5) is 0.0223. The molecule has 0 aliphatic rings. The molecule has 0 aliphatic carbocycles. The van der Waals surface area contributed by atoms with Crippen LogP contribution in [0.25, 0.3) is 0 Å². The summed E-state index contributed by atoms with van der Waals surface area (Å²) in [7, 11) is -3.54. The largest absolute Gasteiger partial charge is 0.398 e. The Morgan fingerprint density at radius 2 is 2.07 bits per heavy atom. The first kappa shape index (κ1) is 12.3. The van der Waals surface area contributed by atoms with Gasteiger partial charge in [0.15, 0.2) is 0 Å². The van der Waals surface area contributed by atoms with E-state index >= 15 is 0 Å². The van der Waals surface area contributed by atoms with Gasteiger partial charge in [0.1, 0.15) is 4.90 Å². The van der Waals surface area contributed by atoms with Crippen LogP contribution in [0.3, 0.4) is 0 Å². The normalized spacial score (nSPS) is 11.7. The Kier molecular flexibility index (Phi) is 3.59. The van der Waals surface area contributed by atoms with E-state index in [4.69, 9.17) is 17.3 Å². The van der Waals surface area contributed by atoms with Crippen molar-refractivity contribution >= 4 is 27.3 Å². The highest BCUT2D eigenvalue weighted by Crippen LogP contribution is 2.26. The first-order chi connectivity index (χ1) is 6.88. The maximum atomic E-state index is 11.7. The van der Waals surface area contributed by atoms with Gasteiger partial charge in [0.05, 0.1) is 5.02 Å². The van der Waals surface area contributed by atoms with Crippen molar-refractivity contribution in [3.05, 3.63) is 22.7 Å². The zero-order chi connectivity index (χ0) is 11.6. The highest BCUT2D eigenvalue weighted by Gasteiger charge is 2.17. The molecule has 0 bridgehead atoms. The van der Waals surface area contributed by atoms with Crippen LogP contribution in [0.4, 0.5) is 5.69 Å². The fraction of sp³-hybridized carbons (Fsp3) is 0.333. The Bertz CT molecular complexity index is 471. The number of hydrogen-bond acceptors (Lipinski definition) is 3. The van der Waals surface area contributed by atoms with Gasteiger partial charge in [0.2, 0.25) is 10.0 Å². The van der Waals surface area contributed by atoms with Crippen LogP contribution >= 0.6 is 11.6 Å². The molecule has 0 unspecified atom stereocenters. The van der Waals surface area contributed by atoms with Crippen molar-refractivity contribution in [2.45, 2.75) is 18.7 Å². The molecule has 15 heavy (non-hydrogen) atoms. The van der Waals surface area contributed by atoms with Crippen LogP contribution in [0.2, 0.25) is 5.02 Å². The minimum absolute atomic E-state index is 0.0223. The molecule has 0 heterocycles. The van der Waals surface area contributed by atoms with Crippen LogP contribution in [-0.2, 0) is 10.0 Å². The third-order valence-corrected chi connectivity index (χ3v) is 3.95. The molecule has 0 atom stereocenters. The molecule has 0 aromatic heterocycles. The fourth-order valence-corrected chi connectivity index (χ4v) is 2.80. The van der Waals surface area contributed by atoms with Crippen LogP contribution < -0.4 is 10.5 Å². The molecule has 0 spiro atoms. The number of nitrogens with two attached hydrogens (primary N) is 1. The van der Waals surface area contributed by atoms with Crippen molar-refractivity contribution < 1.29 is 8.42 Å². The molecule has 3 N–H and O–H groups in total. The molecule has 1 rings (SSSR count). The Morgan fingerprint density at radius 3 is 2.60 bits per heavy atom. The second kappa shape index (κ2) is 4.38. The van der Waals surface area contributed by atoms with Gasteiger partial charge in [-0.1, -0.05) is 18.5 Å². The van der Waals surface area contributed by atoms with Crippen LogP contribution in [0, 0.1) is 6.92 Å². The number of hydrogen-bond donors (Lipinski definition) is 2. The molecule has 84 valence electrons. The van der Waals surface area contributed by atoms with E-state index in [9.17, 15) is 8.42 Å². The summed E-state index contributed by atoms with van der Waals surface area (Å²) >= 11 is 5.85. The summed E-state index contributed by atoms with van der Waals surface area (Å²) in [6, 6.07) is 2.91. The lowest BCUT2D eigenvalue weighted by atomic mass is 10.2. The molecule has 0 amide bonds. The van der Waals surface area contributed by atoms with E-state index in [1.54, 1.807) is 19.9 Å². The molecule has 1 aromatic carbocycles. The van der Waals surface area contributed by atoms with Crippen LogP contribution in [0.5, 0.6) is 0 Å². The molecule has 0 saturated carbocycles. The van der Waals surface area contributed by atoms with E-state index < -0.39 is 10.0 Å². The van der Waals surface area contributed by atoms with E-state index in [1.807, 2.05) is 0 Å². The topological polar surface area (TPSA) is 72.2 Å². The lowest BCUT2D eigenvalue weighted by Crippen LogP contribution is -2.23. The van der Waals surface area contributed by atoms with Crippen molar-refractivity contribution in [2.75, 3.05) is 12.3 Å². The molecule has 0 fully saturated rings. The summed E-state index contributed by atoms with van der Waals surface area (Å²) < 4.78 is 25.7. The Hall–Kier alpha value is -0.780. The monoisotopic (exact) mass is 248 g/mol. The lowest BCUT2D eigenvalue weighted by Gasteiger charge is -2.09. The van der Waals surface area contributed by atoms with Gasteiger partial charge in [-0.05, 0) is 24.6 Å². The zero-order valence-electron chi connectivity index (χ0n) is 8.54. The molecular weight excluding hydrogens is 236 g/mol. The maximum absolute atomic E-state index is 11.7. The quantitative estimate of drug-likeness (QED) is 0.797. The number of halogens is 1. The van der Waals surface area contributed by atoms with E-state index in [0.717, 1.165) is 5.56 Å². The molecule has 4 nitrogen and oxygen atoms in total. The van der Waals surface area contributed by atoms with Gasteiger partial charge < -0.3 is 5.73 Å². The Balaban J connectivity index is 3.33. The molecule has 0 saturated heterocycles. The first-order valence-corrected chi connectivity index (χ1v) is 6.30. The smallest absolute Gasteiger partial charge is 0.242 e. The standard InChI is InChI=1S/C9H13ClN2O2S/c1-3-12-15(13,14)9-5-8(11)6(2)4-7(9)10/h4-5,12H,3,11H2,1-2H3. The molecular formula is C9H13ClN2O2S. The van der Waals surface area contributed by atoms with Crippen molar-refractivity contribution in [2.24, 2.45) is 0 Å². The van der Waals surface area contributed by atoms with E-state index in [-0.39, 0.29) is 9.92 Å². The van der Waals surface area contributed by atoms with Crippen molar-refractivity contribution in [3.63, 3.8) is 0 Å². The van der Waals surface area contributed by atoms with E-state index in [1.165, 1.54) is 6.07 Å². The highest BCUT2D eigenvalue weighted by atomic mass is 35.5. The Labute approximate surface area is 94.5 Å². The third kappa shape index (κ3) is 2.62. The SMILES string of the molecule is CCNS(=O)(=O)c1cc(N)c(C)cc1Cl. The van der Waals surface area contributed by atoms with Crippen molar-refractivity contribution in [3.8, 4) is 0 Å². The Morgan fingerprint density at radius 1 is 1.47 bits per heavy atom. The molecule has 6 heteroatoms. The minimum atomic E-state index is -3.54. The lowest BCUT2D eigenvalue weighted by molar-refractivity contribution is 0.584. The van der Waals surface area contributed by atoms with Gasteiger partial charge in [-0.15, -0.1) is 0 Å². The predicted octanol–water partition coefficient (Wildman–Crippen LogP) is 1.53. The van der Waals surface area contributed by atoms with E-state index in [0.29, 0.717) is 12.2 Å². The molecule has 0 radical (unpaired) electrons. The molecule has 1 aromatic rings. The number of nitrogen functional groups attached to an aromatic ring is 1.